The molecule has 0 radical (unpaired) electrons. The minimum absolute atomic E-state index is 0.00628. The Balaban J connectivity index is 1.24. The number of anilines is 1. The van der Waals surface area contributed by atoms with Gasteiger partial charge in [0, 0.05) is 37.9 Å². The number of benzene rings is 1. The fourth-order valence-corrected chi connectivity index (χ4v) is 3.73. The molecule has 7 nitrogen and oxygen atoms in total. The van der Waals surface area contributed by atoms with Gasteiger partial charge in [0.1, 0.15) is 24.2 Å². The number of ether oxygens (including phenoxy) is 1. The molecule has 1 saturated heterocycles. The molecule has 0 saturated carbocycles. The molecule has 1 aliphatic rings. The Morgan fingerprint density at radius 2 is 2.00 bits per heavy atom. The van der Waals surface area contributed by atoms with Crippen LogP contribution in [0.4, 0.5) is 5.82 Å². The van der Waals surface area contributed by atoms with E-state index in [-0.39, 0.29) is 11.8 Å². The number of aromatic nitrogens is 2. The lowest BCUT2D eigenvalue weighted by Crippen LogP contribution is -2.40. The van der Waals surface area contributed by atoms with Gasteiger partial charge in [-0.15, -0.1) is 0 Å². The standard InChI is InChI=1S/C25H25N5O2/c26-15-20-7-8-24(28-17-20)30-12-9-21(10-13-30)25(31)29-16-19-4-3-6-23(14-19)32-18-22-5-1-2-11-27-22/h1-8,11,14,17,21H,9-10,12-13,16,18H2,(H,29,31). The third-order valence-corrected chi connectivity index (χ3v) is 5.54. The Kier molecular flexibility index (Phi) is 6.93. The van der Waals surface area contributed by atoms with Crippen LogP contribution < -0.4 is 15.0 Å². The zero-order chi connectivity index (χ0) is 22.2. The molecule has 3 aromatic rings. The van der Waals surface area contributed by atoms with Crippen molar-refractivity contribution in [3.8, 4) is 11.8 Å². The van der Waals surface area contributed by atoms with Gasteiger partial charge in [0.15, 0.2) is 0 Å². The SMILES string of the molecule is N#Cc1ccc(N2CCC(C(=O)NCc3cccc(OCc4ccccn4)c3)CC2)nc1. The summed E-state index contributed by atoms with van der Waals surface area (Å²) in [5.41, 5.74) is 2.42. The van der Waals surface area contributed by atoms with Crippen LogP contribution >= 0.6 is 0 Å². The fraction of sp³-hybridized carbons (Fsp3) is 0.280. The number of nitrogens with one attached hydrogen (secondary N) is 1. The number of pyridine rings is 2. The topological polar surface area (TPSA) is 91.1 Å². The summed E-state index contributed by atoms with van der Waals surface area (Å²) in [6.45, 7) is 2.42. The van der Waals surface area contributed by atoms with E-state index in [1.165, 1.54) is 0 Å². The first kappa shape index (κ1) is 21.3. The number of piperidine rings is 1. The van der Waals surface area contributed by atoms with Crippen LogP contribution in [0.3, 0.4) is 0 Å². The Morgan fingerprint density at radius 3 is 2.72 bits per heavy atom. The van der Waals surface area contributed by atoms with Crippen molar-refractivity contribution in [1.29, 1.82) is 5.26 Å². The van der Waals surface area contributed by atoms with Crippen LogP contribution in [0.5, 0.6) is 5.75 Å². The van der Waals surface area contributed by atoms with E-state index in [9.17, 15) is 4.79 Å². The highest BCUT2D eigenvalue weighted by Crippen LogP contribution is 2.22. The predicted octanol–water partition coefficient (Wildman–Crippen LogP) is 3.46. The summed E-state index contributed by atoms with van der Waals surface area (Å²) in [4.78, 5) is 23.4. The van der Waals surface area contributed by atoms with Gasteiger partial charge in [0.05, 0.1) is 11.3 Å². The second kappa shape index (κ2) is 10.4. The molecular formula is C25H25N5O2. The van der Waals surface area contributed by atoms with E-state index < -0.39 is 0 Å². The van der Waals surface area contributed by atoms with E-state index in [1.54, 1.807) is 18.5 Å². The summed E-state index contributed by atoms with van der Waals surface area (Å²) >= 11 is 0. The summed E-state index contributed by atoms with van der Waals surface area (Å²) in [5.74, 6) is 1.68. The highest BCUT2D eigenvalue weighted by atomic mass is 16.5. The van der Waals surface area contributed by atoms with Crippen molar-refractivity contribution in [2.75, 3.05) is 18.0 Å². The van der Waals surface area contributed by atoms with Gasteiger partial charge in [-0.2, -0.15) is 5.26 Å². The van der Waals surface area contributed by atoms with E-state index in [2.05, 4.69) is 26.3 Å². The van der Waals surface area contributed by atoms with Crippen molar-refractivity contribution >= 4 is 11.7 Å². The van der Waals surface area contributed by atoms with Crippen LogP contribution in [0.15, 0.2) is 67.0 Å². The molecule has 32 heavy (non-hydrogen) atoms. The molecule has 1 aromatic carbocycles. The molecular weight excluding hydrogens is 402 g/mol. The first-order valence-electron chi connectivity index (χ1n) is 10.7. The number of nitrogens with zero attached hydrogens (tertiary/aromatic N) is 4. The van der Waals surface area contributed by atoms with Crippen molar-refractivity contribution in [3.63, 3.8) is 0 Å². The third-order valence-electron chi connectivity index (χ3n) is 5.54. The summed E-state index contributed by atoms with van der Waals surface area (Å²) in [6, 6.07) is 19.2. The Labute approximate surface area is 187 Å². The van der Waals surface area contributed by atoms with E-state index in [1.807, 2.05) is 48.5 Å². The van der Waals surface area contributed by atoms with E-state index in [4.69, 9.17) is 10.00 Å². The van der Waals surface area contributed by atoms with Gasteiger partial charge in [0.2, 0.25) is 5.91 Å². The van der Waals surface area contributed by atoms with Crippen LogP contribution in [-0.2, 0) is 17.9 Å². The monoisotopic (exact) mass is 427 g/mol. The Morgan fingerprint density at radius 1 is 1.12 bits per heavy atom. The number of amides is 1. The zero-order valence-electron chi connectivity index (χ0n) is 17.8. The number of nitriles is 1. The quantitative estimate of drug-likeness (QED) is 0.621. The summed E-state index contributed by atoms with van der Waals surface area (Å²) in [7, 11) is 0. The van der Waals surface area contributed by atoms with Crippen molar-refractivity contribution in [3.05, 3.63) is 83.8 Å². The fourth-order valence-electron chi connectivity index (χ4n) is 3.73. The number of carbonyl (C=O) groups is 1. The van der Waals surface area contributed by atoms with Crippen molar-refractivity contribution in [2.45, 2.75) is 26.0 Å². The second-order valence-electron chi connectivity index (χ2n) is 7.75. The van der Waals surface area contributed by atoms with Crippen LogP contribution in [0, 0.1) is 17.2 Å². The molecule has 1 aliphatic heterocycles. The lowest BCUT2D eigenvalue weighted by atomic mass is 9.95. The highest BCUT2D eigenvalue weighted by molar-refractivity contribution is 5.79. The first-order chi connectivity index (χ1) is 15.7. The maximum absolute atomic E-state index is 12.7. The first-order valence-corrected chi connectivity index (χ1v) is 10.7. The minimum Gasteiger partial charge on any atom is -0.487 e. The third kappa shape index (κ3) is 5.61. The van der Waals surface area contributed by atoms with Gasteiger partial charge in [-0.05, 0) is 54.8 Å². The molecule has 0 aliphatic carbocycles. The smallest absolute Gasteiger partial charge is 0.223 e. The van der Waals surface area contributed by atoms with E-state index in [0.717, 1.165) is 48.8 Å². The number of carbonyl (C=O) groups excluding carboxylic acids is 1. The van der Waals surface area contributed by atoms with Gasteiger partial charge < -0.3 is 15.0 Å². The summed E-state index contributed by atoms with van der Waals surface area (Å²) in [6.07, 6.45) is 4.89. The van der Waals surface area contributed by atoms with Crippen LogP contribution in [0.25, 0.3) is 0 Å². The number of hydrogen-bond donors (Lipinski definition) is 1. The molecule has 2 aromatic heterocycles. The average Bonchev–Trinajstić information content (AvgIpc) is 2.87. The molecule has 0 unspecified atom stereocenters. The molecule has 1 N–H and O–H groups in total. The molecule has 1 amide bonds. The Hall–Kier alpha value is -3.92. The van der Waals surface area contributed by atoms with E-state index >= 15 is 0 Å². The molecule has 7 heteroatoms. The van der Waals surface area contributed by atoms with Gasteiger partial charge in [-0.3, -0.25) is 9.78 Å². The van der Waals surface area contributed by atoms with Gasteiger partial charge in [-0.25, -0.2) is 4.98 Å². The molecule has 162 valence electrons. The lowest BCUT2D eigenvalue weighted by molar-refractivity contribution is -0.125. The minimum atomic E-state index is -0.00628. The van der Waals surface area contributed by atoms with Gasteiger partial charge in [-0.1, -0.05) is 18.2 Å². The van der Waals surface area contributed by atoms with Crippen molar-refractivity contribution in [1.82, 2.24) is 15.3 Å². The van der Waals surface area contributed by atoms with Crippen LogP contribution in [0.1, 0.15) is 29.7 Å². The summed E-state index contributed by atoms with van der Waals surface area (Å²) in [5, 5.41) is 12.0. The summed E-state index contributed by atoms with van der Waals surface area (Å²) < 4.78 is 5.82. The van der Waals surface area contributed by atoms with Gasteiger partial charge >= 0.3 is 0 Å². The molecule has 0 spiro atoms. The maximum Gasteiger partial charge on any atom is 0.223 e. The maximum atomic E-state index is 12.7. The average molecular weight is 428 g/mol. The molecule has 1 fully saturated rings. The van der Waals surface area contributed by atoms with Crippen LogP contribution in [-0.4, -0.2) is 29.0 Å². The normalized spacial score (nSPS) is 13.9. The van der Waals surface area contributed by atoms with Gasteiger partial charge in [0.25, 0.3) is 0 Å². The molecule has 0 atom stereocenters. The number of rotatable bonds is 7. The largest absolute Gasteiger partial charge is 0.487 e. The van der Waals surface area contributed by atoms with Crippen LogP contribution in [0.2, 0.25) is 0 Å². The second-order valence-corrected chi connectivity index (χ2v) is 7.75. The highest BCUT2D eigenvalue weighted by Gasteiger charge is 2.25. The van der Waals surface area contributed by atoms with Crippen molar-refractivity contribution < 1.29 is 9.53 Å². The predicted molar refractivity (Wildman–Crippen MR) is 121 cm³/mol. The molecule has 0 bridgehead atoms. The lowest BCUT2D eigenvalue weighted by Gasteiger charge is -2.32. The Bertz CT molecular complexity index is 1070. The number of hydrogen-bond acceptors (Lipinski definition) is 6. The molecule has 4 rings (SSSR count). The zero-order valence-corrected chi connectivity index (χ0v) is 17.8. The van der Waals surface area contributed by atoms with E-state index in [0.29, 0.717) is 18.7 Å². The molecule has 3 heterocycles. The van der Waals surface area contributed by atoms with Crippen molar-refractivity contribution in [2.24, 2.45) is 5.92 Å².